The minimum atomic E-state index is -0.566. The number of Topliss-reactive ketones (excluding diaryl/α,β-unsaturated/α-hetero) is 1. The topological polar surface area (TPSA) is 95.7 Å². The number of carbonyl (C=O) groups is 2. The van der Waals surface area contributed by atoms with Crippen LogP contribution in [0.4, 0.5) is 5.69 Å². The Hall–Kier alpha value is -3.22. The fourth-order valence-electron chi connectivity index (χ4n) is 2.15. The molecule has 0 aromatic heterocycles. The minimum Gasteiger partial charge on any atom is -0.482 e. The molecule has 0 fully saturated rings. The Kier molecular flexibility index (Phi) is 6.22. The number of hydrogen-bond donors (Lipinski definition) is 0. The van der Waals surface area contributed by atoms with Gasteiger partial charge in [-0.2, -0.15) is 0 Å². The second-order valence-corrected chi connectivity index (χ2v) is 5.21. The van der Waals surface area contributed by atoms with Crippen molar-refractivity contribution < 1.29 is 24.0 Å². The third kappa shape index (κ3) is 5.13. The number of hydrogen-bond acceptors (Lipinski definition) is 6. The van der Waals surface area contributed by atoms with Gasteiger partial charge in [0.2, 0.25) is 0 Å². The van der Waals surface area contributed by atoms with Crippen LogP contribution < -0.4 is 4.74 Å². The molecule has 0 spiro atoms. The van der Waals surface area contributed by atoms with E-state index >= 15 is 0 Å². The molecule has 0 aliphatic heterocycles. The van der Waals surface area contributed by atoms with Crippen LogP contribution in [-0.4, -0.2) is 23.8 Å². The van der Waals surface area contributed by atoms with Crippen LogP contribution in [0.15, 0.2) is 48.5 Å². The van der Waals surface area contributed by atoms with E-state index in [0.717, 1.165) is 5.56 Å². The molecule has 2 aromatic carbocycles. The Bertz CT molecular complexity index is 772. The summed E-state index contributed by atoms with van der Waals surface area (Å²) in [6.45, 7) is 0.140. The Labute approximate surface area is 144 Å². The first-order valence-electron chi connectivity index (χ1n) is 7.56. The molecule has 0 atom stereocenters. The number of esters is 1. The molecule has 0 radical (unpaired) electrons. The maximum absolute atomic E-state index is 12.1. The number of nitro groups is 1. The highest BCUT2D eigenvalue weighted by Gasteiger charge is 2.19. The summed E-state index contributed by atoms with van der Waals surface area (Å²) >= 11 is 0. The van der Waals surface area contributed by atoms with Crippen LogP contribution in [0.5, 0.6) is 5.75 Å². The van der Waals surface area contributed by atoms with Gasteiger partial charge in [0.25, 0.3) is 0 Å². The Morgan fingerprint density at radius 2 is 1.80 bits per heavy atom. The first-order valence-corrected chi connectivity index (χ1v) is 7.56. The lowest BCUT2D eigenvalue weighted by molar-refractivity contribution is -0.385. The molecule has 0 heterocycles. The molecular formula is C18H17NO6. The van der Waals surface area contributed by atoms with E-state index in [4.69, 9.17) is 4.74 Å². The number of nitrogens with zero attached hydrogens (tertiary/aromatic N) is 1. The normalized spacial score (nSPS) is 10.1. The van der Waals surface area contributed by atoms with Crippen molar-refractivity contribution in [2.24, 2.45) is 0 Å². The monoisotopic (exact) mass is 343 g/mol. The maximum atomic E-state index is 12.1. The van der Waals surface area contributed by atoms with Crippen molar-refractivity contribution in [3.05, 3.63) is 69.8 Å². The van der Waals surface area contributed by atoms with Crippen LogP contribution in [0.2, 0.25) is 0 Å². The van der Waals surface area contributed by atoms with Crippen molar-refractivity contribution >= 4 is 17.4 Å². The standard InChI is InChI=1S/C18H17NO6/c1-24-18(21)10-9-16(20)14-7-8-15(19(22)23)17(11-14)25-12-13-5-3-2-4-6-13/h2-8,11H,9-10,12H2,1H3. The van der Waals surface area contributed by atoms with Gasteiger partial charge in [-0.1, -0.05) is 30.3 Å². The summed E-state index contributed by atoms with van der Waals surface area (Å²) in [7, 11) is 1.24. The predicted molar refractivity (Wildman–Crippen MR) is 89.5 cm³/mol. The zero-order chi connectivity index (χ0) is 18.2. The van der Waals surface area contributed by atoms with Gasteiger partial charge in [0.05, 0.1) is 18.5 Å². The Morgan fingerprint density at radius 3 is 2.44 bits per heavy atom. The van der Waals surface area contributed by atoms with E-state index in [1.807, 2.05) is 30.3 Å². The Balaban J connectivity index is 2.16. The van der Waals surface area contributed by atoms with Crippen molar-refractivity contribution in [1.29, 1.82) is 0 Å². The van der Waals surface area contributed by atoms with Gasteiger partial charge in [0.1, 0.15) is 6.61 Å². The van der Waals surface area contributed by atoms with Gasteiger partial charge in [-0.25, -0.2) is 0 Å². The molecule has 0 N–H and O–H groups in total. The third-order valence-electron chi connectivity index (χ3n) is 3.50. The average Bonchev–Trinajstić information content (AvgIpc) is 2.64. The average molecular weight is 343 g/mol. The van der Waals surface area contributed by atoms with Crippen LogP contribution in [0.25, 0.3) is 0 Å². The number of carbonyl (C=O) groups excluding carboxylic acids is 2. The van der Waals surface area contributed by atoms with Crippen molar-refractivity contribution in [2.45, 2.75) is 19.4 Å². The molecular weight excluding hydrogens is 326 g/mol. The zero-order valence-corrected chi connectivity index (χ0v) is 13.6. The SMILES string of the molecule is COC(=O)CCC(=O)c1ccc([N+](=O)[O-])c(OCc2ccccc2)c1. The van der Waals surface area contributed by atoms with Crippen LogP contribution in [0, 0.1) is 10.1 Å². The van der Waals surface area contributed by atoms with Crippen molar-refractivity contribution in [3.63, 3.8) is 0 Å². The highest BCUT2D eigenvalue weighted by atomic mass is 16.6. The quantitative estimate of drug-likeness (QED) is 0.316. The second kappa shape index (κ2) is 8.58. The molecule has 0 aliphatic rings. The van der Waals surface area contributed by atoms with Gasteiger partial charge in [-0.3, -0.25) is 19.7 Å². The summed E-state index contributed by atoms with van der Waals surface area (Å²) in [5.74, 6) is -0.793. The van der Waals surface area contributed by atoms with Crippen molar-refractivity contribution in [2.75, 3.05) is 7.11 Å². The molecule has 0 aliphatic carbocycles. The summed E-state index contributed by atoms with van der Waals surface area (Å²) in [6, 6.07) is 13.1. The van der Waals surface area contributed by atoms with Gasteiger partial charge >= 0.3 is 11.7 Å². The third-order valence-corrected chi connectivity index (χ3v) is 3.50. The molecule has 0 bridgehead atoms. The van der Waals surface area contributed by atoms with E-state index in [0.29, 0.717) is 0 Å². The summed E-state index contributed by atoms with van der Waals surface area (Å²) in [4.78, 5) is 33.8. The van der Waals surface area contributed by atoms with E-state index in [1.54, 1.807) is 0 Å². The van der Waals surface area contributed by atoms with E-state index in [2.05, 4.69) is 4.74 Å². The molecule has 0 saturated carbocycles. The van der Waals surface area contributed by atoms with E-state index < -0.39 is 10.9 Å². The summed E-state index contributed by atoms with van der Waals surface area (Å²) in [6.07, 6.45) is -0.0882. The lowest BCUT2D eigenvalue weighted by atomic mass is 10.1. The molecule has 0 unspecified atom stereocenters. The van der Waals surface area contributed by atoms with E-state index in [9.17, 15) is 19.7 Å². The smallest absolute Gasteiger partial charge is 0.310 e. The summed E-state index contributed by atoms with van der Waals surface area (Å²) < 4.78 is 10.0. The Morgan fingerprint density at radius 1 is 1.08 bits per heavy atom. The maximum Gasteiger partial charge on any atom is 0.310 e. The molecule has 2 aromatic rings. The van der Waals surface area contributed by atoms with Gasteiger partial charge in [0, 0.05) is 18.1 Å². The molecule has 130 valence electrons. The first-order chi connectivity index (χ1) is 12.0. The molecule has 25 heavy (non-hydrogen) atoms. The number of rotatable bonds is 8. The lowest BCUT2D eigenvalue weighted by Crippen LogP contribution is -2.07. The molecule has 2 rings (SSSR count). The number of nitro benzene ring substituents is 1. The molecule has 0 amide bonds. The first kappa shape index (κ1) is 18.1. The number of ether oxygens (including phenoxy) is 2. The van der Waals surface area contributed by atoms with E-state index in [-0.39, 0.29) is 42.2 Å². The van der Waals surface area contributed by atoms with Crippen LogP contribution >= 0.6 is 0 Å². The highest BCUT2D eigenvalue weighted by Crippen LogP contribution is 2.29. The van der Waals surface area contributed by atoms with E-state index in [1.165, 1.54) is 25.3 Å². The number of ketones is 1. The van der Waals surface area contributed by atoms with Crippen LogP contribution in [-0.2, 0) is 16.1 Å². The molecule has 0 saturated heterocycles. The fourth-order valence-corrected chi connectivity index (χ4v) is 2.15. The predicted octanol–water partition coefficient (Wildman–Crippen LogP) is 3.31. The molecule has 7 heteroatoms. The zero-order valence-electron chi connectivity index (χ0n) is 13.6. The van der Waals surface area contributed by atoms with Crippen molar-refractivity contribution in [3.8, 4) is 5.75 Å². The van der Waals surface area contributed by atoms with Crippen LogP contribution in [0.3, 0.4) is 0 Å². The lowest BCUT2D eigenvalue weighted by Gasteiger charge is -2.09. The second-order valence-electron chi connectivity index (χ2n) is 5.21. The number of methoxy groups -OCH3 is 1. The largest absolute Gasteiger partial charge is 0.482 e. The number of benzene rings is 2. The minimum absolute atomic E-state index is 0.0118. The summed E-state index contributed by atoms with van der Waals surface area (Å²) in [5.41, 5.74) is 0.872. The van der Waals surface area contributed by atoms with Gasteiger partial charge in [0.15, 0.2) is 11.5 Å². The van der Waals surface area contributed by atoms with Gasteiger partial charge in [-0.05, 0) is 17.7 Å². The highest BCUT2D eigenvalue weighted by molar-refractivity contribution is 5.98. The van der Waals surface area contributed by atoms with Gasteiger partial charge in [-0.15, -0.1) is 0 Å². The fraction of sp³-hybridized carbons (Fsp3) is 0.222. The van der Waals surface area contributed by atoms with Crippen molar-refractivity contribution in [1.82, 2.24) is 0 Å². The summed E-state index contributed by atoms with van der Waals surface area (Å²) in [5, 5.41) is 11.1. The van der Waals surface area contributed by atoms with Gasteiger partial charge < -0.3 is 9.47 Å². The molecule has 7 nitrogen and oxygen atoms in total. The van der Waals surface area contributed by atoms with Crippen LogP contribution in [0.1, 0.15) is 28.8 Å².